The Labute approximate surface area is 103 Å². The largest absolute Gasteiger partial charge is 0.476 e. The second kappa shape index (κ2) is 3.19. The average Bonchev–Trinajstić information content (AvgIpc) is 2.88. The van der Waals surface area contributed by atoms with E-state index in [1.165, 1.54) is 0 Å². The molecule has 0 saturated heterocycles. The molecular formula is C13H11N3O2. The van der Waals surface area contributed by atoms with Crippen LogP contribution >= 0.6 is 0 Å². The number of fused-ring (bicyclic) bond motifs is 3. The number of nitrogens with zero attached hydrogens (tertiary/aromatic N) is 3. The highest BCUT2D eigenvalue weighted by Gasteiger charge is 2.50. The molecule has 18 heavy (non-hydrogen) atoms. The van der Waals surface area contributed by atoms with Crippen LogP contribution in [0, 0.1) is 5.92 Å². The number of carboxylic acids is 1. The van der Waals surface area contributed by atoms with Crippen molar-refractivity contribution in [1.82, 2.24) is 14.8 Å². The highest BCUT2D eigenvalue weighted by Crippen LogP contribution is 2.57. The fraction of sp³-hybridized carbons (Fsp3) is 0.308. The lowest BCUT2D eigenvalue weighted by atomic mass is 10.1. The van der Waals surface area contributed by atoms with E-state index in [9.17, 15) is 9.90 Å². The van der Waals surface area contributed by atoms with Crippen molar-refractivity contribution in [1.29, 1.82) is 0 Å². The van der Waals surface area contributed by atoms with Gasteiger partial charge in [0.25, 0.3) is 0 Å². The number of carbonyl (C=O) groups is 1. The van der Waals surface area contributed by atoms with Crippen LogP contribution in [0.1, 0.15) is 34.1 Å². The number of pyridine rings is 1. The zero-order valence-corrected chi connectivity index (χ0v) is 9.58. The van der Waals surface area contributed by atoms with Crippen LogP contribution in [0.25, 0.3) is 5.82 Å². The fourth-order valence-electron chi connectivity index (χ4n) is 2.94. The number of aromatic nitrogens is 3. The van der Waals surface area contributed by atoms with Gasteiger partial charge in [-0.15, -0.1) is 0 Å². The van der Waals surface area contributed by atoms with Crippen molar-refractivity contribution in [2.45, 2.75) is 18.8 Å². The summed E-state index contributed by atoms with van der Waals surface area (Å²) in [5.41, 5.74) is 2.17. The third kappa shape index (κ3) is 1.19. The predicted molar refractivity (Wildman–Crippen MR) is 62.9 cm³/mol. The number of hydrogen-bond acceptors (Lipinski definition) is 3. The molecule has 1 fully saturated rings. The summed E-state index contributed by atoms with van der Waals surface area (Å²) in [5.74, 6) is 0.879. The van der Waals surface area contributed by atoms with Gasteiger partial charge >= 0.3 is 5.97 Å². The predicted octanol–water partition coefficient (Wildman–Crippen LogP) is 1.63. The summed E-state index contributed by atoms with van der Waals surface area (Å²) in [6.45, 7) is 0. The van der Waals surface area contributed by atoms with E-state index in [0.29, 0.717) is 17.7 Å². The molecule has 2 aromatic heterocycles. The molecule has 2 aliphatic carbocycles. The molecule has 0 aromatic carbocycles. The Hall–Kier alpha value is -2.17. The van der Waals surface area contributed by atoms with Crippen LogP contribution in [0.15, 0.2) is 24.4 Å². The molecule has 5 heteroatoms. The minimum absolute atomic E-state index is 0.197. The van der Waals surface area contributed by atoms with Crippen LogP contribution in [-0.2, 0) is 6.42 Å². The first-order valence-electron chi connectivity index (χ1n) is 6.02. The number of aromatic carboxylic acids is 1. The maximum atomic E-state index is 11.2. The van der Waals surface area contributed by atoms with Gasteiger partial charge in [-0.2, -0.15) is 5.10 Å². The first-order valence-corrected chi connectivity index (χ1v) is 6.02. The topological polar surface area (TPSA) is 68.0 Å². The minimum Gasteiger partial charge on any atom is -0.476 e. The minimum atomic E-state index is -0.942. The van der Waals surface area contributed by atoms with Gasteiger partial charge in [0.15, 0.2) is 11.5 Å². The zero-order valence-electron chi connectivity index (χ0n) is 9.58. The molecule has 4 rings (SSSR count). The molecule has 2 aromatic rings. The van der Waals surface area contributed by atoms with Crippen molar-refractivity contribution in [3.05, 3.63) is 41.3 Å². The first-order chi connectivity index (χ1) is 8.75. The van der Waals surface area contributed by atoms with Gasteiger partial charge in [-0.25, -0.2) is 14.5 Å². The van der Waals surface area contributed by atoms with Crippen molar-refractivity contribution in [2.75, 3.05) is 0 Å². The standard InChI is InChI=1S/C13H11N3O2/c17-13(18)11-9-6-7-5-8(7)12(9)16(15-11)10-3-1-2-4-14-10/h1-4,7-8H,5-6H2,(H,17,18)/t7-,8-/m0/s1. The molecular weight excluding hydrogens is 230 g/mol. The summed E-state index contributed by atoms with van der Waals surface area (Å²) in [6, 6.07) is 5.58. The lowest BCUT2D eigenvalue weighted by Gasteiger charge is -2.04. The average molecular weight is 241 g/mol. The Morgan fingerprint density at radius 1 is 1.44 bits per heavy atom. The van der Waals surface area contributed by atoms with Crippen molar-refractivity contribution < 1.29 is 9.90 Å². The molecule has 90 valence electrons. The normalized spacial score (nSPS) is 23.6. The van der Waals surface area contributed by atoms with E-state index in [1.807, 2.05) is 18.2 Å². The molecule has 1 N–H and O–H groups in total. The van der Waals surface area contributed by atoms with Crippen molar-refractivity contribution >= 4 is 5.97 Å². The smallest absolute Gasteiger partial charge is 0.356 e. The van der Waals surface area contributed by atoms with E-state index in [4.69, 9.17) is 0 Å². The van der Waals surface area contributed by atoms with Gasteiger partial charge in [-0.1, -0.05) is 6.07 Å². The zero-order chi connectivity index (χ0) is 12.3. The van der Waals surface area contributed by atoms with E-state index in [1.54, 1.807) is 10.9 Å². The summed E-state index contributed by atoms with van der Waals surface area (Å²) in [4.78, 5) is 15.5. The SMILES string of the molecule is O=C(O)c1nn(-c2ccccn2)c2c1C[C@@H]1C[C@H]21. The Balaban J connectivity index is 1.94. The van der Waals surface area contributed by atoms with E-state index < -0.39 is 5.97 Å². The quantitative estimate of drug-likeness (QED) is 0.867. The molecule has 0 amide bonds. The van der Waals surface area contributed by atoms with E-state index >= 15 is 0 Å². The number of carboxylic acid groups (broad SMARTS) is 1. The van der Waals surface area contributed by atoms with Gasteiger partial charge < -0.3 is 5.11 Å². The van der Waals surface area contributed by atoms with Gasteiger partial charge in [0.1, 0.15) is 0 Å². The van der Waals surface area contributed by atoms with Crippen LogP contribution < -0.4 is 0 Å². The molecule has 0 aliphatic heterocycles. The molecule has 2 heterocycles. The van der Waals surface area contributed by atoms with Crippen molar-refractivity contribution in [3.63, 3.8) is 0 Å². The Morgan fingerprint density at radius 3 is 3.06 bits per heavy atom. The third-order valence-electron chi connectivity index (χ3n) is 3.83. The van der Waals surface area contributed by atoms with Crippen LogP contribution in [-0.4, -0.2) is 25.8 Å². The molecule has 0 spiro atoms. The summed E-state index contributed by atoms with van der Waals surface area (Å²) in [6.07, 6.45) is 3.71. The highest BCUT2D eigenvalue weighted by molar-refractivity contribution is 5.88. The van der Waals surface area contributed by atoms with Gasteiger partial charge in [0.05, 0.1) is 5.69 Å². The molecule has 2 atom stereocenters. The van der Waals surface area contributed by atoms with Crippen LogP contribution in [0.5, 0.6) is 0 Å². The molecule has 0 unspecified atom stereocenters. The van der Waals surface area contributed by atoms with Crippen LogP contribution in [0.2, 0.25) is 0 Å². The number of rotatable bonds is 2. The van der Waals surface area contributed by atoms with Gasteiger partial charge in [0.2, 0.25) is 0 Å². The third-order valence-corrected chi connectivity index (χ3v) is 3.83. The highest BCUT2D eigenvalue weighted by atomic mass is 16.4. The lowest BCUT2D eigenvalue weighted by molar-refractivity contribution is 0.0688. The monoisotopic (exact) mass is 241 g/mol. The van der Waals surface area contributed by atoms with Crippen molar-refractivity contribution in [3.8, 4) is 5.82 Å². The van der Waals surface area contributed by atoms with E-state index in [0.717, 1.165) is 24.1 Å². The lowest BCUT2D eigenvalue weighted by Crippen LogP contribution is -2.05. The molecule has 0 radical (unpaired) electrons. The van der Waals surface area contributed by atoms with Crippen LogP contribution in [0.4, 0.5) is 0 Å². The van der Waals surface area contributed by atoms with Gasteiger partial charge in [-0.05, 0) is 30.9 Å². The van der Waals surface area contributed by atoms with E-state index in [2.05, 4.69) is 10.1 Å². The summed E-state index contributed by atoms with van der Waals surface area (Å²) < 4.78 is 1.72. The molecule has 5 nitrogen and oxygen atoms in total. The molecule has 2 aliphatic rings. The first kappa shape index (κ1) is 9.82. The Kier molecular flexibility index (Phi) is 1.74. The second-order valence-electron chi connectivity index (χ2n) is 4.92. The molecule has 0 bridgehead atoms. The fourth-order valence-corrected chi connectivity index (χ4v) is 2.94. The maximum Gasteiger partial charge on any atom is 0.356 e. The Morgan fingerprint density at radius 2 is 2.33 bits per heavy atom. The maximum absolute atomic E-state index is 11.2. The number of hydrogen-bond donors (Lipinski definition) is 1. The Bertz CT molecular complexity index is 648. The van der Waals surface area contributed by atoms with Gasteiger partial charge in [-0.3, -0.25) is 0 Å². The second-order valence-corrected chi connectivity index (χ2v) is 4.92. The van der Waals surface area contributed by atoms with Gasteiger partial charge in [0, 0.05) is 17.7 Å². The summed E-state index contributed by atoms with van der Waals surface area (Å²) >= 11 is 0. The van der Waals surface area contributed by atoms with Crippen LogP contribution in [0.3, 0.4) is 0 Å². The van der Waals surface area contributed by atoms with Crippen molar-refractivity contribution in [2.24, 2.45) is 5.92 Å². The molecule has 1 saturated carbocycles. The summed E-state index contributed by atoms with van der Waals surface area (Å²) in [7, 11) is 0. The van der Waals surface area contributed by atoms with E-state index in [-0.39, 0.29) is 5.69 Å². The summed E-state index contributed by atoms with van der Waals surface area (Å²) in [5, 5.41) is 13.4.